The Labute approximate surface area is 119 Å². The molecule has 0 aliphatic carbocycles. The maximum atomic E-state index is 8.76. The first-order valence-electron chi connectivity index (χ1n) is 5.52. The van der Waals surface area contributed by atoms with E-state index in [-0.39, 0.29) is 5.25 Å². The molecule has 1 atom stereocenters. The first kappa shape index (κ1) is 13.6. The summed E-state index contributed by atoms with van der Waals surface area (Å²) in [6, 6.07) is 9.75. The zero-order valence-electron chi connectivity index (χ0n) is 10.5. The topological polar surface area (TPSA) is 70.8 Å². The zero-order chi connectivity index (χ0) is 13.7. The van der Waals surface area contributed by atoms with Gasteiger partial charge in [-0.05, 0) is 19.1 Å². The highest BCUT2D eigenvalue weighted by Crippen LogP contribution is 2.32. The van der Waals surface area contributed by atoms with Gasteiger partial charge in [-0.25, -0.2) is 0 Å². The van der Waals surface area contributed by atoms with Gasteiger partial charge in [0.25, 0.3) is 0 Å². The van der Waals surface area contributed by atoms with E-state index < -0.39 is 0 Å². The summed E-state index contributed by atoms with van der Waals surface area (Å²) in [5, 5.41) is 20.5. The van der Waals surface area contributed by atoms with Crippen LogP contribution in [0.5, 0.6) is 5.75 Å². The summed E-state index contributed by atoms with van der Waals surface area (Å²) in [4.78, 5) is 0. The van der Waals surface area contributed by atoms with Crippen molar-refractivity contribution in [3.8, 4) is 11.8 Å². The second-order valence-electron chi connectivity index (χ2n) is 3.59. The van der Waals surface area contributed by atoms with Gasteiger partial charge in [0.2, 0.25) is 5.13 Å². The number of nitrogens with one attached hydrogen (secondary N) is 1. The number of nitriles is 1. The monoisotopic (exact) mass is 292 g/mol. The maximum absolute atomic E-state index is 8.76. The Hall–Kier alpha value is -1.78. The average Bonchev–Trinajstić information content (AvgIpc) is 2.86. The van der Waals surface area contributed by atoms with Crippen LogP contribution in [0.25, 0.3) is 0 Å². The number of benzene rings is 1. The third-order valence-electron chi connectivity index (χ3n) is 2.21. The minimum absolute atomic E-state index is 0.132. The first-order valence-corrected chi connectivity index (χ1v) is 7.22. The molecule has 0 saturated carbocycles. The van der Waals surface area contributed by atoms with Crippen LogP contribution in [0.3, 0.4) is 0 Å². The summed E-state index contributed by atoms with van der Waals surface area (Å²) in [6.07, 6.45) is 0. The van der Waals surface area contributed by atoms with Crippen molar-refractivity contribution in [1.82, 2.24) is 10.2 Å². The molecule has 0 fully saturated rings. The van der Waals surface area contributed by atoms with Crippen molar-refractivity contribution in [2.24, 2.45) is 0 Å². The Bertz CT molecular complexity index is 593. The summed E-state index contributed by atoms with van der Waals surface area (Å²) in [5.74, 6) is 0.747. The van der Waals surface area contributed by atoms with Crippen LogP contribution in [0.1, 0.15) is 6.92 Å². The fraction of sp³-hybridized carbons (Fsp3) is 0.250. The van der Waals surface area contributed by atoms with Gasteiger partial charge in [0.15, 0.2) is 4.34 Å². The van der Waals surface area contributed by atoms with E-state index >= 15 is 0 Å². The number of aromatic nitrogens is 2. The van der Waals surface area contributed by atoms with E-state index in [0.29, 0.717) is 5.13 Å². The van der Waals surface area contributed by atoms with Crippen LogP contribution in [-0.4, -0.2) is 22.6 Å². The third-order valence-corrected chi connectivity index (χ3v) is 4.13. The summed E-state index contributed by atoms with van der Waals surface area (Å²) in [5.41, 5.74) is 0.839. The number of methoxy groups -OCH3 is 1. The standard InChI is InChI=1S/C12H12N4OS2/c1-8(7-13)18-12-16-15-11(19-12)14-9-5-3-4-6-10(9)17-2/h3-6,8H,1-2H3,(H,14,15)/t8-/m0/s1. The van der Waals surface area contributed by atoms with Gasteiger partial charge in [0, 0.05) is 0 Å². The van der Waals surface area contributed by atoms with Crippen molar-refractivity contribution >= 4 is 33.9 Å². The van der Waals surface area contributed by atoms with Crippen molar-refractivity contribution in [2.75, 3.05) is 12.4 Å². The number of ether oxygens (including phenoxy) is 1. The van der Waals surface area contributed by atoms with Gasteiger partial charge in [0.1, 0.15) is 5.75 Å². The Morgan fingerprint density at radius 3 is 2.95 bits per heavy atom. The van der Waals surface area contributed by atoms with E-state index in [1.165, 1.54) is 23.1 Å². The molecule has 0 aliphatic heterocycles. The number of thioether (sulfide) groups is 1. The van der Waals surface area contributed by atoms with Crippen molar-refractivity contribution in [3.63, 3.8) is 0 Å². The van der Waals surface area contributed by atoms with Crippen molar-refractivity contribution in [1.29, 1.82) is 5.26 Å². The second kappa shape index (κ2) is 6.41. The third kappa shape index (κ3) is 3.59. The van der Waals surface area contributed by atoms with Gasteiger partial charge in [-0.3, -0.25) is 0 Å². The van der Waals surface area contributed by atoms with Crippen LogP contribution in [0, 0.1) is 11.3 Å². The quantitative estimate of drug-likeness (QED) is 0.853. The van der Waals surface area contributed by atoms with Crippen LogP contribution in [0.2, 0.25) is 0 Å². The van der Waals surface area contributed by atoms with Gasteiger partial charge >= 0.3 is 0 Å². The Kier molecular flexibility index (Phi) is 4.60. The zero-order valence-corrected chi connectivity index (χ0v) is 12.1. The molecule has 0 unspecified atom stereocenters. The lowest BCUT2D eigenvalue weighted by atomic mass is 10.3. The first-order chi connectivity index (χ1) is 9.22. The SMILES string of the molecule is COc1ccccc1Nc1nnc(S[C@@H](C)C#N)s1. The van der Waals surface area contributed by atoms with Crippen molar-refractivity contribution in [2.45, 2.75) is 16.5 Å². The molecule has 0 saturated heterocycles. The molecule has 0 radical (unpaired) electrons. The van der Waals surface area contributed by atoms with Gasteiger partial charge in [0.05, 0.1) is 24.1 Å². The molecule has 0 spiro atoms. The maximum Gasteiger partial charge on any atom is 0.210 e. The second-order valence-corrected chi connectivity index (χ2v) is 6.15. The molecule has 5 nitrogen and oxygen atoms in total. The molecule has 2 rings (SSSR count). The average molecular weight is 292 g/mol. The molecule has 7 heteroatoms. The normalized spacial score (nSPS) is 11.6. The lowest BCUT2D eigenvalue weighted by Crippen LogP contribution is -1.93. The van der Waals surface area contributed by atoms with Crippen LogP contribution in [-0.2, 0) is 0 Å². The van der Waals surface area contributed by atoms with Gasteiger partial charge in [-0.2, -0.15) is 5.26 Å². The molecule has 1 N–H and O–H groups in total. The van der Waals surface area contributed by atoms with Crippen LogP contribution >= 0.6 is 23.1 Å². The summed E-state index contributed by atoms with van der Waals surface area (Å²) < 4.78 is 6.02. The fourth-order valence-electron chi connectivity index (χ4n) is 1.35. The molecular weight excluding hydrogens is 280 g/mol. The smallest absolute Gasteiger partial charge is 0.210 e. The van der Waals surface area contributed by atoms with E-state index in [0.717, 1.165) is 15.8 Å². The number of hydrogen-bond acceptors (Lipinski definition) is 7. The molecule has 0 aliphatic rings. The molecule has 0 bridgehead atoms. The number of nitrogens with zero attached hydrogens (tertiary/aromatic N) is 3. The molecule has 98 valence electrons. The summed E-state index contributed by atoms with van der Waals surface area (Å²) >= 11 is 2.81. The van der Waals surface area contributed by atoms with E-state index in [1.54, 1.807) is 7.11 Å². The fourth-order valence-corrected chi connectivity index (χ4v) is 3.14. The molecule has 1 aromatic carbocycles. The number of anilines is 2. The largest absolute Gasteiger partial charge is 0.495 e. The molecule has 1 heterocycles. The highest BCUT2D eigenvalue weighted by molar-refractivity contribution is 8.01. The Morgan fingerprint density at radius 1 is 1.42 bits per heavy atom. The molecule has 0 amide bonds. The highest BCUT2D eigenvalue weighted by atomic mass is 32.2. The predicted molar refractivity (Wildman–Crippen MR) is 77.1 cm³/mol. The summed E-state index contributed by atoms with van der Waals surface area (Å²) in [7, 11) is 1.62. The minimum Gasteiger partial charge on any atom is -0.495 e. The summed E-state index contributed by atoms with van der Waals surface area (Å²) in [6.45, 7) is 1.83. The van der Waals surface area contributed by atoms with E-state index in [2.05, 4.69) is 21.6 Å². The predicted octanol–water partition coefficient (Wildman–Crippen LogP) is 3.29. The lowest BCUT2D eigenvalue weighted by molar-refractivity contribution is 0.417. The molecule has 19 heavy (non-hydrogen) atoms. The molecular formula is C12H12N4OS2. The van der Waals surface area contributed by atoms with Gasteiger partial charge < -0.3 is 10.1 Å². The number of hydrogen-bond donors (Lipinski definition) is 1. The minimum atomic E-state index is -0.132. The van der Waals surface area contributed by atoms with E-state index in [1.807, 2.05) is 31.2 Å². The Balaban J connectivity index is 2.10. The van der Waals surface area contributed by atoms with Gasteiger partial charge in [-0.15, -0.1) is 10.2 Å². The van der Waals surface area contributed by atoms with Crippen LogP contribution < -0.4 is 10.1 Å². The van der Waals surface area contributed by atoms with Crippen molar-refractivity contribution in [3.05, 3.63) is 24.3 Å². The van der Waals surface area contributed by atoms with Gasteiger partial charge in [-0.1, -0.05) is 35.2 Å². The Morgan fingerprint density at radius 2 is 2.21 bits per heavy atom. The highest BCUT2D eigenvalue weighted by Gasteiger charge is 2.10. The lowest BCUT2D eigenvalue weighted by Gasteiger charge is -2.07. The molecule has 1 aromatic heterocycles. The van der Waals surface area contributed by atoms with Crippen LogP contribution in [0.15, 0.2) is 28.6 Å². The molecule has 2 aromatic rings. The van der Waals surface area contributed by atoms with Crippen molar-refractivity contribution < 1.29 is 4.74 Å². The number of para-hydroxylation sites is 2. The van der Waals surface area contributed by atoms with E-state index in [9.17, 15) is 0 Å². The van der Waals surface area contributed by atoms with E-state index in [4.69, 9.17) is 10.00 Å². The van der Waals surface area contributed by atoms with Crippen LogP contribution in [0.4, 0.5) is 10.8 Å². The number of rotatable bonds is 5.